The Kier molecular flexibility index (Phi) is 3.11. The van der Waals surface area contributed by atoms with Gasteiger partial charge < -0.3 is 0 Å². The van der Waals surface area contributed by atoms with Gasteiger partial charge >= 0.3 is 0 Å². The average Bonchev–Trinajstić information content (AvgIpc) is 3.21. The van der Waals surface area contributed by atoms with Gasteiger partial charge in [-0.2, -0.15) is 5.10 Å². The molecule has 0 fully saturated rings. The molecule has 0 saturated heterocycles. The molecule has 0 bridgehead atoms. The highest BCUT2D eigenvalue weighted by molar-refractivity contribution is 5.52. The van der Waals surface area contributed by atoms with Crippen LogP contribution >= 0.6 is 0 Å². The third-order valence-electron chi connectivity index (χ3n) is 5.87. The zero-order valence-electron chi connectivity index (χ0n) is 14.8. The number of nitrogens with zero attached hydrogens (tertiary/aromatic N) is 4. The molecule has 0 N–H and O–H groups in total. The number of fused-ring (bicyclic) bond motifs is 4. The molecule has 0 amide bonds. The molecule has 1 aromatic carbocycles. The van der Waals surface area contributed by atoms with Crippen molar-refractivity contribution in [2.24, 2.45) is 0 Å². The molecule has 2 aliphatic carbocycles. The fraction of sp³-hybridized carbons (Fsp3) is 0.381. The number of aromatic nitrogens is 4. The number of aryl methyl sites for hydroxylation is 3. The number of rotatable bonds is 1. The summed E-state index contributed by atoms with van der Waals surface area (Å²) in [7, 11) is 0. The molecule has 25 heavy (non-hydrogen) atoms. The van der Waals surface area contributed by atoms with E-state index >= 15 is 0 Å². The molecule has 2 heterocycles. The van der Waals surface area contributed by atoms with Gasteiger partial charge in [-0.3, -0.25) is 0 Å². The molecule has 0 aliphatic heterocycles. The van der Waals surface area contributed by atoms with Crippen molar-refractivity contribution in [1.82, 2.24) is 19.7 Å². The van der Waals surface area contributed by atoms with Crippen LogP contribution in [0.1, 0.15) is 53.2 Å². The van der Waals surface area contributed by atoms with Crippen molar-refractivity contribution >= 4 is 0 Å². The van der Waals surface area contributed by atoms with E-state index in [-0.39, 0.29) is 5.41 Å². The van der Waals surface area contributed by atoms with Gasteiger partial charge in [0.1, 0.15) is 5.82 Å². The van der Waals surface area contributed by atoms with E-state index in [4.69, 9.17) is 9.97 Å². The highest BCUT2D eigenvalue weighted by Crippen LogP contribution is 2.50. The second kappa shape index (κ2) is 5.25. The van der Waals surface area contributed by atoms with Gasteiger partial charge in [0.2, 0.25) is 0 Å². The summed E-state index contributed by atoms with van der Waals surface area (Å²) in [4.78, 5) is 9.76. The van der Waals surface area contributed by atoms with Crippen LogP contribution < -0.4 is 0 Å². The van der Waals surface area contributed by atoms with Crippen LogP contribution in [0.4, 0.5) is 0 Å². The van der Waals surface area contributed by atoms with Crippen molar-refractivity contribution in [3.63, 3.8) is 0 Å². The molecular weight excluding hydrogens is 308 g/mol. The first-order chi connectivity index (χ1) is 12.2. The normalized spacial score (nSPS) is 21.4. The number of hydrogen-bond acceptors (Lipinski definition) is 3. The van der Waals surface area contributed by atoms with Gasteiger partial charge in [-0.25, -0.2) is 14.6 Å². The summed E-state index contributed by atoms with van der Waals surface area (Å²) in [5, 5.41) is 4.62. The van der Waals surface area contributed by atoms with Crippen molar-refractivity contribution in [2.45, 2.75) is 51.4 Å². The monoisotopic (exact) mass is 330 g/mol. The topological polar surface area (TPSA) is 43.6 Å². The van der Waals surface area contributed by atoms with E-state index in [0.29, 0.717) is 0 Å². The molecule has 5 rings (SSSR count). The first-order valence-electron chi connectivity index (χ1n) is 9.16. The molecule has 3 aromatic rings. The van der Waals surface area contributed by atoms with Crippen LogP contribution in [0.3, 0.4) is 0 Å². The molecule has 1 unspecified atom stereocenters. The molecule has 126 valence electrons. The molecule has 2 aliphatic rings. The summed E-state index contributed by atoms with van der Waals surface area (Å²) in [6.07, 6.45) is 7.73. The third kappa shape index (κ3) is 2.10. The Morgan fingerprint density at radius 3 is 2.72 bits per heavy atom. The Hall–Kier alpha value is -2.49. The lowest BCUT2D eigenvalue weighted by molar-refractivity contribution is 0.408. The molecule has 4 nitrogen and oxygen atoms in total. The lowest BCUT2D eigenvalue weighted by atomic mass is 9.69. The van der Waals surface area contributed by atoms with Crippen LogP contribution in [0, 0.1) is 13.8 Å². The van der Waals surface area contributed by atoms with Gasteiger partial charge in [0.05, 0.1) is 11.4 Å². The summed E-state index contributed by atoms with van der Waals surface area (Å²) in [6, 6.07) is 11.0. The van der Waals surface area contributed by atoms with Gasteiger partial charge in [-0.05, 0) is 63.1 Å². The Morgan fingerprint density at radius 1 is 1.00 bits per heavy atom. The van der Waals surface area contributed by atoms with Gasteiger partial charge in [0.15, 0.2) is 5.82 Å². The maximum atomic E-state index is 4.99. The largest absolute Gasteiger partial charge is 0.237 e. The van der Waals surface area contributed by atoms with E-state index in [1.165, 1.54) is 35.2 Å². The van der Waals surface area contributed by atoms with Crippen molar-refractivity contribution < 1.29 is 0 Å². The Morgan fingerprint density at radius 2 is 1.88 bits per heavy atom. The van der Waals surface area contributed by atoms with Crippen molar-refractivity contribution in [2.75, 3.05) is 0 Å². The maximum absolute atomic E-state index is 4.99. The van der Waals surface area contributed by atoms with E-state index in [1.54, 1.807) is 0 Å². The van der Waals surface area contributed by atoms with Crippen LogP contribution in [-0.4, -0.2) is 19.7 Å². The fourth-order valence-corrected chi connectivity index (χ4v) is 4.81. The lowest BCUT2D eigenvalue weighted by Gasteiger charge is -2.36. The van der Waals surface area contributed by atoms with Gasteiger partial charge in [-0.15, -0.1) is 0 Å². The third-order valence-corrected chi connectivity index (χ3v) is 5.87. The SMILES string of the molecule is Cc1ccn(-c2nc(C)nc3c2CCCC32CCc3ccccc32)n1. The van der Waals surface area contributed by atoms with Crippen LogP contribution in [-0.2, 0) is 18.3 Å². The summed E-state index contributed by atoms with van der Waals surface area (Å²) in [6.45, 7) is 4.02. The molecule has 0 saturated carbocycles. The van der Waals surface area contributed by atoms with Crippen molar-refractivity contribution in [3.05, 3.63) is 70.4 Å². The minimum Gasteiger partial charge on any atom is -0.237 e. The number of benzene rings is 1. The highest BCUT2D eigenvalue weighted by Gasteiger charge is 2.45. The Balaban J connectivity index is 1.77. The molecule has 1 spiro atoms. The van der Waals surface area contributed by atoms with Gasteiger partial charge in [-0.1, -0.05) is 24.3 Å². The second-order valence-corrected chi connectivity index (χ2v) is 7.42. The van der Waals surface area contributed by atoms with Gasteiger partial charge in [0.25, 0.3) is 0 Å². The minimum atomic E-state index is 0.0643. The van der Waals surface area contributed by atoms with E-state index in [1.807, 2.05) is 30.8 Å². The Bertz CT molecular complexity index is 972. The standard InChI is InChI=1S/C21H22N4/c1-14-10-13-25(24-14)20-17-7-5-11-21(19(17)22-15(2)23-20)12-9-16-6-3-4-8-18(16)21/h3-4,6,8,10,13H,5,7,9,11-12H2,1-2H3. The molecule has 4 heteroatoms. The van der Waals surface area contributed by atoms with E-state index < -0.39 is 0 Å². The van der Waals surface area contributed by atoms with Crippen molar-refractivity contribution in [3.8, 4) is 5.82 Å². The molecular formula is C21H22N4. The summed E-state index contributed by atoms with van der Waals surface area (Å²) in [5.41, 5.74) is 6.59. The van der Waals surface area contributed by atoms with Crippen LogP contribution in [0.15, 0.2) is 36.5 Å². The molecule has 1 atom stereocenters. The predicted octanol–water partition coefficient (Wildman–Crippen LogP) is 3.85. The quantitative estimate of drug-likeness (QED) is 0.681. The molecule has 2 aromatic heterocycles. The zero-order valence-corrected chi connectivity index (χ0v) is 14.8. The minimum absolute atomic E-state index is 0.0643. The van der Waals surface area contributed by atoms with Crippen molar-refractivity contribution in [1.29, 1.82) is 0 Å². The second-order valence-electron chi connectivity index (χ2n) is 7.42. The van der Waals surface area contributed by atoms with Crippen LogP contribution in [0.2, 0.25) is 0 Å². The van der Waals surface area contributed by atoms with E-state index in [9.17, 15) is 0 Å². The fourth-order valence-electron chi connectivity index (χ4n) is 4.81. The summed E-state index contributed by atoms with van der Waals surface area (Å²) >= 11 is 0. The first kappa shape index (κ1) is 14.8. The smallest absolute Gasteiger partial charge is 0.160 e. The highest BCUT2D eigenvalue weighted by atomic mass is 15.3. The van der Waals surface area contributed by atoms with E-state index in [0.717, 1.165) is 36.6 Å². The molecule has 0 radical (unpaired) electrons. The maximum Gasteiger partial charge on any atom is 0.160 e. The lowest BCUT2D eigenvalue weighted by Crippen LogP contribution is -2.33. The summed E-state index contributed by atoms with van der Waals surface area (Å²) < 4.78 is 1.93. The predicted molar refractivity (Wildman–Crippen MR) is 97.1 cm³/mol. The van der Waals surface area contributed by atoms with Crippen LogP contribution in [0.25, 0.3) is 5.82 Å². The first-order valence-corrected chi connectivity index (χ1v) is 9.16. The zero-order chi connectivity index (χ0) is 17.0. The van der Waals surface area contributed by atoms with E-state index in [2.05, 4.69) is 29.4 Å². The average molecular weight is 330 g/mol. The Labute approximate surface area is 147 Å². The number of hydrogen-bond donors (Lipinski definition) is 0. The van der Waals surface area contributed by atoms with Gasteiger partial charge in [0, 0.05) is 17.2 Å². The summed E-state index contributed by atoms with van der Waals surface area (Å²) in [5.74, 6) is 1.81. The van der Waals surface area contributed by atoms with Crippen LogP contribution in [0.5, 0.6) is 0 Å².